The van der Waals surface area contributed by atoms with E-state index in [1.807, 2.05) is 11.4 Å². The second-order valence-corrected chi connectivity index (χ2v) is 2.86. The molecule has 2 N–H and O–H groups in total. The van der Waals surface area contributed by atoms with Crippen LogP contribution in [0.2, 0.25) is 0 Å². The molecule has 0 aliphatic heterocycles. The van der Waals surface area contributed by atoms with Gasteiger partial charge in [0.25, 0.3) is 0 Å². The monoisotopic (exact) mass is 157 g/mol. The van der Waals surface area contributed by atoms with E-state index in [-0.39, 0.29) is 0 Å². The average molecular weight is 157 g/mol. The van der Waals surface area contributed by atoms with Gasteiger partial charge in [-0.3, -0.25) is 0 Å². The Morgan fingerprint density at radius 3 is 2.45 bits per heavy atom. The summed E-state index contributed by atoms with van der Waals surface area (Å²) in [6.45, 7) is 5.21. The van der Waals surface area contributed by atoms with Gasteiger partial charge < -0.3 is 9.84 Å². The minimum atomic E-state index is -0.668. The summed E-state index contributed by atoms with van der Waals surface area (Å²) < 4.78 is 4.78. The summed E-state index contributed by atoms with van der Waals surface area (Å²) >= 11 is 0. The first kappa shape index (κ1) is 9.63. The first-order valence-electron chi connectivity index (χ1n) is 3.09. The molecule has 0 spiro atoms. The van der Waals surface area contributed by atoms with E-state index < -0.39 is 11.7 Å². The highest BCUT2D eigenvalue weighted by Crippen LogP contribution is 2.05. The Morgan fingerprint density at radius 1 is 1.55 bits per heavy atom. The first-order chi connectivity index (χ1) is 4.95. The molecular formula is C7H11NO3. The molecule has 0 fully saturated rings. The largest absolute Gasteiger partial charge is 0.461 e. The summed E-state index contributed by atoms with van der Waals surface area (Å²) in [6, 6.07) is 1.95. The van der Waals surface area contributed by atoms with E-state index in [4.69, 9.17) is 9.84 Å². The van der Waals surface area contributed by atoms with Crippen molar-refractivity contribution >= 4 is 6.09 Å². The van der Waals surface area contributed by atoms with Crippen LogP contribution >= 0.6 is 0 Å². The lowest BCUT2D eigenvalue weighted by Crippen LogP contribution is -2.29. The molecule has 11 heavy (non-hydrogen) atoms. The van der Waals surface area contributed by atoms with E-state index >= 15 is 0 Å². The number of hydrogen-bond donors (Lipinski definition) is 2. The third-order valence-corrected chi connectivity index (χ3v) is 0.619. The van der Waals surface area contributed by atoms with E-state index in [1.54, 1.807) is 20.8 Å². The van der Waals surface area contributed by atoms with Gasteiger partial charge in [-0.2, -0.15) is 0 Å². The number of rotatable bonds is 0. The number of ether oxygens (including phenoxy) is 1. The standard InChI is InChI=1S/C7H11NO3/c1-7(2,3)11-6(10)8-4-5-9/h9H,1-3H3,(H,8,10). The Balaban J connectivity index is 3.77. The van der Waals surface area contributed by atoms with Gasteiger partial charge in [0.2, 0.25) is 0 Å². The van der Waals surface area contributed by atoms with Crippen molar-refractivity contribution in [2.24, 2.45) is 0 Å². The molecule has 0 unspecified atom stereocenters. The zero-order valence-corrected chi connectivity index (χ0v) is 6.76. The third kappa shape index (κ3) is 6.52. The van der Waals surface area contributed by atoms with Crippen LogP contribution in [0.25, 0.3) is 0 Å². The second kappa shape index (κ2) is 3.71. The predicted octanol–water partition coefficient (Wildman–Crippen LogP) is 0.802. The number of aliphatic hydroxyl groups excluding tert-OH is 1. The average Bonchev–Trinajstić information content (AvgIpc) is 1.79. The normalized spacial score (nSPS) is 9.36. The summed E-state index contributed by atoms with van der Waals surface area (Å²) in [5.74, 6) is 0. The number of alkyl carbamates (subject to hydrolysis) is 1. The first-order valence-corrected chi connectivity index (χ1v) is 3.09. The molecule has 0 aromatic heterocycles. The number of amides is 1. The van der Waals surface area contributed by atoms with E-state index in [2.05, 4.69) is 0 Å². The zero-order chi connectivity index (χ0) is 8.91. The summed E-state index contributed by atoms with van der Waals surface area (Å²) in [5, 5.41) is 10.00. The fourth-order valence-corrected chi connectivity index (χ4v) is 0.383. The highest BCUT2D eigenvalue weighted by Gasteiger charge is 2.14. The van der Waals surface area contributed by atoms with Crippen molar-refractivity contribution in [2.75, 3.05) is 0 Å². The lowest BCUT2D eigenvalue weighted by atomic mass is 10.2. The highest BCUT2D eigenvalue weighted by molar-refractivity contribution is 5.69. The van der Waals surface area contributed by atoms with E-state index in [9.17, 15) is 4.79 Å². The minimum absolute atomic E-state index is 0.540. The maximum absolute atomic E-state index is 10.7. The fourth-order valence-electron chi connectivity index (χ4n) is 0.383. The number of carbonyl (C=O) groups excluding carboxylic acids is 1. The smallest absolute Gasteiger partial charge is 0.419 e. The molecule has 0 rings (SSSR count). The Labute approximate surface area is 65.5 Å². The fraction of sp³-hybridized carbons (Fsp3) is 0.571. The van der Waals surface area contributed by atoms with Crippen LogP contribution in [-0.2, 0) is 4.74 Å². The lowest BCUT2D eigenvalue weighted by Gasteiger charge is -2.18. The van der Waals surface area contributed by atoms with Gasteiger partial charge in [0.15, 0.2) is 0 Å². The van der Waals surface area contributed by atoms with Crippen molar-refractivity contribution in [3.05, 3.63) is 0 Å². The highest BCUT2D eigenvalue weighted by atomic mass is 16.6. The van der Waals surface area contributed by atoms with Crippen molar-refractivity contribution in [3.63, 3.8) is 0 Å². The molecule has 4 nitrogen and oxygen atoms in total. The molecule has 0 aliphatic carbocycles. The van der Waals surface area contributed by atoms with Crippen LogP contribution in [-0.4, -0.2) is 16.8 Å². The number of carbonyl (C=O) groups is 1. The van der Waals surface area contributed by atoms with Gasteiger partial charge in [-0.05, 0) is 20.8 Å². The van der Waals surface area contributed by atoms with Crippen molar-refractivity contribution in [2.45, 2.75) is 26.4 Å². The van der Waals surface area contributed by atoms with E-state index in [0.29, 0.717) is 0 Å². The molecular weight excluding hydrogens is 146 g/mol. The molecule has 0 radical (unpaired) electrons. The second-order valence-electron chi connectivity index (χ2n) is 2.86. The Hall–Kier alpha value is -1.37. The molecule has 0 bridgehead atoms. The van der Waals surface area contributed by atoms with Crippen LogP contribution in [0.3, 0.4) is 0 Å². The summed E-state index contributed by atoms with van der Waals surface area (Å²) in [4.78, 5) is 10.7. The SMILES string of the molecule is CC(C)(C)OC(=O)NC#CO. The summed E-state index contributed by atoms with van der Waals surface area (Å²) in [7, 11) is 0. The molecule has 4 heteroatoms. The van der Waals surface area contributed by atoms with E-state index in [0.717, 1.165) is 0 Å². The molecule has 0 heterocycles. The van der Waals surface area contributed by atoms with Crippen LogP contribution in [0.1, 0.15) is 20.8 Å². The van der Waals surface area contributed by atoms with Gasteiger partial charge in [0.05, 0.1) is 6.04 Å². The van der Waals surface area contributed by atoms with Crippen molar-refractivity contribution in [1.29, 1.82) is 0 Å². The van der Waals surface area contributed by atoms with Gasteiger partial charge >= 0.3 is 6.09 Å². The van der Waals surface area contributed by atoms with Crippen molar-refractivity contribution in [1.82, 2.24) is 5.32 Å². The van der Waals surface area contributed by atoms with Crippen LogP contribution in [0.4, 0.5) is 4.79 Å². The molecule has 0 saturated carbocycles. The molecule has 62 valence electrons. The Kier molecular flexibility index (Phi) is 3.25. The Bertz CT molecular complexity index is 194. The molecule has 0 aromatic rings. The number of nitrogens with one attached hydrogen (secondary N) is 1. The summed E-state index contributed by atoms with van der Waals surface area (Å²) in [6.07, 6.45) is 0.855. The van der Waals surface area contributed by atoms with Gasteiger partial charge in [-0.15, -0.1) is 0 Å². The van der Waals surface area contributed by atoms with Crippen LogP contribution in [0.5, 0.6) is 0 Å². The van der Waals surface area contributed by atoms with Gasteiger partial charge in [0.1, 0.15) is 11.7 Å². The topological polar surface area (TPSA) is 58.6 Å². The van der Waals surface area contributed by atoms with E-state index in [1.165, 1.54) is 6.11 Å². The van der Waals surface area contributed by atoms with Gasteiger partial charge in [0, 0.05) is 0 Å². The maximum atomic E-state index is 10.7. The minimum Gasteiger partial charge on any atom is -0.461 e. The summed E-state index contributed by atoms with van der Waals surface area (Å²) in [5.41, 5.74) is -0.540. The number of aliphatic hydroxyl groups is 1. The maximum Gasteiger partial charge on any atom is 0.419 e. The van der Waals surface area contributed by atoms with Crippen LogP contribution < -0.4 is 5.32 Å². The van der Waals surface area contributed by atoms with Crippen LogP contribution in [0, 0.1) is 12.2 Å². The molecule has 0 aromatic carbocycles. The Morgan fingerprint density at radius 2 is 2.09 bits per heavy atom. The third-order valence-electron chi connectivity index (χ3n) is 0.619. The lowest BCUT2D eigenvalue weighted by molar-refractivity contribution is 0.0557. The molecule has 0 saturated heterocycles. The zero-order valence-electron chi connectivity index (χ0n) is 6.76. The van der Waals surface area contributed by atoms with Crippen LogP contribution in [0.15, 0.2) is 0 Å². The van der Waals surface area contributed by atoms with Crippen molar-refractivity contribution in [3.8, 4) is 12.2 Å². The predicted molar refractivity (Wildman–Crippen MR) is 39.1 cm³/mol. The van der Waals surface area contributed by atoms with Gasteiger partial charge in [-0.25, -0.2) is 10.1 Å². The van der Waals surface area contributed by atoms with Gasteiger partial charge in [-0.1, -0.05) is 0 Å². The molecule has 0 atom stereocenters. The van der Waals surface area contributed by atoms with Crippen molar-refractivity contribution < 1.29 is 14.6 Å². The molecule has 0 aliphatic rings. The molecule has 1 amide bonds. The number of hydrogen-bond acceptors (Lipinski definition) is 3. The quantitative estimate of drug-likeness (QED) is 0.404.